The molecule has 1 N–H and O–H groups in total. The van der Waals surface area contributed by atoms with Crippen molar-refractivity contribution in [3.63, 3.8) is 0 Å². The van der Waals surface area contributed by atoms with E-state index in [1.807, 2.05) is 24.1 Å². The van der Waals surface area contributed by atoms with Gasteiger partial charge in [0.25, 0.3) is 0 Å². The first-order valence-electron chi connectivity index (χ1n) is 7.26. The van der Waals surface area contributed by atoms with E-state index < -0.39 is 0 Å². The fourth-order valence-corrected chi connectivity index (χ4v) is 2.73. The number of nitrogens with zero attached hydrogens (tertiary/aromatic N) is 1. The Labute approximate surface area is 116 Å². The Hall–Kier alpha value is -1.25. The first-order chi connectivity index (χ1) is 8.97. The summed E-state index contributed by atoms with van der Waals surface area (Å²) in [5.74, 6) is 0.640. The molecule has 19 heavy (non-hydrogen) atoms. The Morgan fingerprint density at radius 2 is 2.05 bits per heavy atom. The molecular formula is C16H25FN2. The van der Waals surface area contributed by atoms with Crippen molar-refractivity contribution in [2.45, 2.75) is 52.1 Å². The van der Waals surface area contributed by atoms with Crippen LogP contribution in [0.5, 0.6) is 0 Å². The van der Waals surface area contributed by atoms with Crippen LogP contribution in [0.2, 0.25) is 0 Å². The van der Waals surface area contributed by atoms with Crippen LogP contribution in [0.1, 0.15) is 40.0 Å². The molecule has 0 spiro atoms. The van der Waals surface area contributed by atoms with Crippen molar-refractivity contribution in [1.82, 2.24) is 0 Å². The van der Waals surface area contributed by atoms with E-state index in [-0.39, 0.29) is 5.82 Å². The highest BCUT2D eigenvalue weighted by molar-refractivity contribution is 5.56. The molecule has 2 nitrogen and oxygen atoms in total. The van der Waals surface area contributed by atoms with Gasteiger partial charge in [-0.05, 0) is 57.2 Å². The van der Waals surface area contributed by atoms with Crippen molar-refractivity contribution >= 4 is 11.4 Å². The standard InChI is InChI=1S/C16H25FN2/c1-11(2)19(4)16-8-7-14(10-15(16)17)18-13-6-5-12(3)9-13/h7-8,10-13,18H,5-6,9H2,1-4H3. The zero-order valence-corrected chi connectivity index (χ0v) is 12.4. The van der Waals surface area contributed by atoms with Gasteiger partial charge in [-0.25, -0.2) is 4.39 Å². The number of hydrogen-bond donors (Lipinski definition) is 1. The average Bonchev–Trinajstić information content (AvgIpc) is 2.74. The molecule has 1 saturated carbocycles. The highest BCUT2D eigenvalue weighted by Gasteiger charge is 2.21. The number of anilines is 2. The Morgan fingerprint density at radius 3 is 2.58 bits per heavy atom. The van der Waals surface area contributed by atoms with Gasteiger partial charge >= 0.3 is 0 Å². The Bertz CT molecular complexity index is 431. The Balaban J connectivity index is 2.06. The lowest BCUT2D eigenvalue weighted by Crippen LogP contribution is -2.26. The molecule has 0 aliphatic heterocycles. The van der Waals surface area contributed by atoms with E-state index in [4.69, 9.17) is 0 Å². The molecular weight excluding hydrogens is 239 g/mol. The molecule has 0 saturated heterocycles. The lowest BCUT2D eigenvalue weighted by molar-refractivity contribution is 0.601. The van der Waals surface area contributed by atoms with Crippen molar-refractivity contribution in [2.24, 2.45) is 5.92 Å². The van der Waals surface area contributed by atoms with Crippen LogP contribution < -0.4 is 10.2 Å². The maximum atomic E-state index is 14.1. The van der Waals surface area contributed by atoms with Gasteiger partial charge in [0.2, 0.25) is 0 Å². The molecule has 1 aliphatic carbocycles. The molecule has 3 heteroatoms. The molecule has 0 aromatic heterocycles. The van der Waals surface area contributed by atoms with Gasteiger partial charge in [-0.1, -0.05) is 6.92 Å². The molecule has 2 rings (SSSR count). The van der Waals surface area contributed by atoms with Gasteiger partial charge in [0, 0.05) is 24.8 Å². The van der Waals surface area contributed by atoms with Gasteiger partial charge in [-0.15, -0.1) is 0 Å². The Morgan fingerprint density at radius 1 is 1.32 bits per heavy atom. The fraction of sp³-hybridized carbons (Fsp3) is 0.625. The molecule has 1 aromatic rings. The molecule has 0 bridgehead atoms. The van der Waals surface area contributed by atoms with Crippen molar-refractivity contribution in [2.75, 3.05) is 17.3 Å². The summed E-state index contributed by atoms with van der Waals surface area (Å²) in [5, 5.41) is 3.45. The zero-order valence-electron chi connectivity index (χ0n) is 12.4. The maximum absolute atomic E-state index is 14.1. The Kier molecular flexibility index (Phi) is 4.33. The summed E-state index contributed by atoms with van der Waals surface area (Å²) in [6.45, 7) is 6.40. The smallest absolute Gasteiger partial charge is 0.148 e. The van der Waals surface area contributed by atoms with Gasteiger partial charge in [0.15, 0.2) is 0 Å². The van der Waals surface area contributed by atoms with Crippen LogP contribution in [0.4, 0.5) is 15.8 Å². The maximum Gasteiger partial charge on any atom is 0.148 e. The third kappa shape index (κ3) is 3.40. The number of rotatable bonds is 4. The van der Waals surface area contributed by atoms with Gasteiger partial charge in [-0.2, -0.15) is 0 Å². The molecule has 2 atom stereocenters. The molecule has 1 aliphatic rings. The minimum absolute atomic E-state index is 0.146. The summed E-state index contributed by atoms with van der Waals surface area (Å²) in [6, 6.07) is 6.28. The van der Waals surface area contributed by atoms with Crippen molar-refractivity contribution in [3.8, 4) is 0 Å². The summed E-state index contributed by atoms with van der Waals surface area (Å²) in [4.78, 5) is 1.96. The first kappa shape index (κ1) is 14.2. The van der Waals surface area contributed by atoms with Gasteiger partial charge < -0.3 is 10.2 Å². The topological polar surface area (TPSA) is 15.3 Å². The predicted molar refractivity (Wildman–Crippen MR) is 80.4 cm³/mol. The van der Waals surface area contributed by atoms with E-state index in [0.29, 0.717) is 17.8 Å². The second kappa shape index (κ2) is 5.81. The number of halogens is 1. The largest absolute Gasteiger partial charge is 0.382 e. The summed E-state index contributed by atoms with van der Waals surface area (Å²) in [5.41, 5.74) is 1.57. The van der Waals surface area contributed by atoms with Crippen LogP contribution in [0.15, 0.2) is 18.2 Å². The number of hydrogen-bond acceptors (Lipinski definition) is 2. The average molecular weight is 264 g/mol. The number of benzene rings is 1. The van der Waals surface area contributed by atoms with Gasteiger partial charge in [0.05, 0.1) is 5.69 Å². The van der Waals surface area contributed by atoms with Gasteiger partial charge in [0.1, 0.15) is 5.82 Å². The fourth-order valence-electron chi connectivity index (χ4n) is 2.73. The molecule has 106 valence electrons. The number of nitrogens with one attached hydrogen (secondary N) is 1. The van der Waals surface area contributed by atoms with E-state index in [0.717, 1.165) is 11.6 Å². The van der Waals surface area contributed by atoms with E-state index in [1.165, 1.54) is 19.3 Å². The molecule has 1 aromatic carbocycles. The minimum atomic E-state index is -0.146. The third-order valence-electron chi connectivity index (χ3n) is 4.17. The summed E-state index contributed by atoms with van der Waals surface area (Å²) in [7, 11) is 1.93. The molecule has 0 radical (unpaired) electrons. The lowest BCUT2D eigenvalue weighted by Gasteiger charge is -2.25. The molecule has 2 unspecified atom stereocenters. The molecule has 0 heterocycles. The zero-order chi connectivity index (χ0) is 14.0. The second-order valence-corrected chi connectivity index (χ2v) is 6.13. The second-order valence-electron chi connectivity index (χ2n) is 6.13. The van der Waals surface area contributed by atoms with Crippen LogP contribution in [0.3, 0.4) is 0 Å². The van der Waals surface area contributed by atoms with E-state index in [9.17, 15) is 4.39 Å². The van der Waals surface area contributed by atoms with E-state index >= 15 is 0 Å². The first-order valence-corrected chi connectivity index (χ1v) is 7.26. The van der Waals surface area contributed by atoms with Gasteiger partial charge in [-0.3, -0.25) is 0 Å². The van der Waals surface area contributed by atoms with Crippen LogP contribution in [0, 0.1) is 11.7 Å². The van der Waals surface area contributed by atoms with Crippen LogP contribution >= 0.6 is 0 Å². The van der Waals surface area contributed by atoms with Crippen LogP contribution in [-0.2, 0) is 0 Å². The summed E-state index contributed by atoms with van der Waals surface area (Å²) >= 11 is 0. The minimum Gasteiger partial charge on any atom is -0.382 e. The SMILES string of the molecule is CC1CCC(Nc2ccc(N(C)C(C)C)c(F)c2)C1. The quantitative estimate of drug-likeness (QED) is 0.873. The third-order valence-corrected chi connectivity index (χ3v) is 4.17. The van der Waals surface area contributed by atoms with E-state index in [1.54, 1.807) is 6.07 Å². The summed E-state index contributed by atoms with van der Waals surface area (Å²) < 4.78 is 14.1. The van der Waals surface area contributed by atoms with E-state index in [2.05, 4.69) is 26.1 Å². The highest BCUT2D eigenvalue weighted by Crippen LogP contribution is 2.29. The predicted octanol–water partition coefficient (Wildman–Crippen LogP) is 4.27. The van der Waals surface area contributed by atoms with Crippen LogP contribution in [0.25, 0.3) is 0 Å². The van der Waals surface area contributed by atoms with Crippen molar-refractivity contribution in [1.29, 1.82) is 0 Å². The van der Waals surface area contributed by atoms with Crippen molar-refractivity contribution < 1.29 is 4.39 Å². The molecule has 1 fully saturated rings. The highest BCUT2D eigenvalue weighted by atomic mass is 19.1. The summed E-state index contributed by atoms with van der Waals surface area (Å²) in [6.07, 6.45) is 3.65. The lowest BCUT2D eigenvalue weighted by atomic mass is 10.1. The van der Waals surface area contributed by atoms with Crippen molar-refractivity contribution in [3.05, 3.63) is 24.0 Å². The molecule has 0 amide bonds. The normalized spacial score (nSPS) is 22.8. The van der Waals surface area contributed by atoms with Crippen LogP contribution in [-0.4, -0.2) is 19.1 Å². The monoisotopic (exact) mass is 264 g/mol.